The van der Waals surface area contributed by atoms with Crippen molar-refractivity contribution >= 4 is 11.8 Å². The first-order valence-electron chi connectivity index (χ1n) is 11.0. The summed E-state index contributed by atoms with van der Waals surface area (Å²) in [6.07, 6.45) is 17.7. The Morgan fingerprint density at radius 2 is 1.73 bits per heavy atom. The summed E-state index contributed by atoms with van der Waals surface area (Å²) in [5, 5.41) is 0. The first-order valence-corrected chi connectivity index (χ1v) is 11.0. The summed E-state index contributed by atoms with van der Waals surface area (Å²) in [6.45, 7) is 6.60. The van der Waals surface area contributed by atoms with Gasteiger partial charge in [-0.1, -0.05) is 64.9 Å². The number of ether oxygens (including phenoxy) is 1. The Bertz CT molecular complexity index is 427. The molecule has 1 aliphatic rings. The molecule has 0 heterocycles. The summed E-state index contributed by atoms with van der Waals surface area (Å²) in [7, 11) is 0. The Morgan fingerprint density at radius 1 is 1.04 bits per heavy atom. The van der Waals surface area contributed by atoms with Gasteiger partial charge < -0.3 is 4.74 Å². The number of unbranched alkanes of at least 4 members (excludes halogenated alkanes) is 7. The van der Waals surface area contributed by atoms with Crippen LogP contribution in [0.2, 0.25) is 0 Å². The van der Waals surface area contributed by atoms with Crippen LogP contribution in [0.15, 0.2) is 12.2 Å². The van der Waals surface area contributed by atoms with Crippen LogP contribution in [-0.2, 0) is 14.3 Å². The lowest BCUT2D eigenvalue weighted by atomic mass is 9.86. The highest BCUT2D eigenvalue weighted by Gasteiger charge is 2.38. The Morgan fingerprint density at radius 3 is 2.46 bits per heavy atom. The number of carbonyl (C=O) groups excluding carboxylic acids is 2. The minimum Gasteiger partial charge on any atom is -0.463 e. The normalized spacial score (nSPS) is 23.0. The highest BCUT2D eigenvalue weighted by molar-refractivity contribution is 5.85. The number of esters is 1. The number of ketones is 1. The van der Waals surface area contributed by atoms with Crippen molar-refractivity contribution in [2.75, 3.05) is 6.61 Å². The van der Waals surface area contributed by atoms with Crippen LogP contribution in [0, 0.1) is 17.8 Å². The van der Waals surface area contributed by atoms with Gasteiger partial charge in [0.05, 0.1) is 6.61 Å². The average Bonchev–Trinajstić information content (AvgIpc) is 2.88. The molecule has 3 heteroatoms. The molecule has 0 aromatic carbocycles. The van der Waals surface area contributed by atoms with Gasteiger partial charge in [0, 0.05) is 17.9 Å². The maximum absolute atomic E-state index is 12.5. The summed E-state index contributed by atoms with van der Waals surface area (Å²) < 4.78 is 4.87. The van der Waals surface area contributed by atoms with Crippen LogP contribution in [0.4, 0.5) is 0 Å². The molecule has 0 radical (unpaired) electrons. The van der Waals surface area contributed by atoms with E-state index in [0.717, 1.165) is 32.1 Å². The van der Waals surface area contributed by atoms with E-state index >= 15 is 0 Å². The zero-order valence-electron chi connectivity index (χ0n) is 17.3. The molecule has 26 heavy (non-hydrogen) atoms. The van der Waals surface area contributed by atoms with Gasteiger partial charge in [-0.15, -0.1) is 0 Å². The molecule has 1 saturated carbocycles. The van der Waals surface area contributed by atoms with E-state index in [1.165, 1.54) is 51.0 Å². The molecule has 1 fully saturated rings. The molecule has 0 spiro atoms. The minimum absolute atomic E-state index is 0.258. The average molecular weight is 365 g/mol. The lowest BCUT2D eigenvalue weighted by Crippen LogP contribution is -2.16. The van der Waals surface area contributed by atoms with Gasteiger partial charge in [-0.25, -0.2) is 4.79 Å². The largest absolute Gasteiger partial charge is 0.463 e. The third-order valence-corrected chi connectivity index (χ3v) is 5.68. The molecule has 3 nitrogen and oxygen atoms in total. The van der Waals surface area contributed by atoms with Crippen LogP contribution in [-0.4, -0.2) is 18.4 Å². The van der Waals surface area contributed by atoms with E-state index in [9.17, 15) is 9.59 Å². The molecular weight excluding hydrogens is 324 g/mol. The van der Waals surface area contributed by atoms with Gasteiger partial charge in [-0.05, 0) is 44.9 Å². The molecule has 0 aromatic rings. The van der Waals surface area contributed by atoms with Gasteiger partial charge in [-0.2, -0.15) is 0 Å². The Hall–Kier alpha value is -1.12. The van der Waals surface area contributed by atoms with Crippen molar-refractivity contribution in [1.82, 2.24) is 0 Å². The van der Waals surface area contributed by atoms with Crippen molar-refractivity contribution < 1.29 is 14.3 Å². The van der Waals surface area contributed by atoms with E-state index in [4.69, 9.17) is 4.74 Å². The molecule has 0 aromatic heterocycles. The van der Waals surface area contributed by atoms with Crippen molar-refractivity contribution in [2.24, 2.45) is 17.8 Å². The molecule has 0 N–H and O–H groups in total. The minimum atomic E-state index is -0.258. The van der Waals surface area contributed by atoms with Crippen molar-refractivity contribution in [3.63, 3.8) is 0 Å². The van der Waals surface area contributed by atoms with Gasteiger partial charge in [0.25, 0.3) is 0 Å². The molecule has 0 aliphatic heterocycles. The van der Waals surface area contributed by atoms with Gasteiger partial charge >= 0.3 is 5.97 Å². The topological polar surface area (TPSA) is 43.4 Å². The third-order valence-electron chi connectivity index (χ3n) is 5.68. The summed E-state index contributed by atoms with van der Waals surface area (Å²) in [6, 6.07) is 0. The molecule has 3 atom stereocenters. The fourth-order valence-electron chi connectivity index (χ4n) is 4.21. The monoisotopic (exact) mass is 364 g/mol. The maximum Gasteiger partial charge on any atom is 0.330 e. The molecule has 1 rings (SSSR count). The van der Waals surface area contributed by atoms with Crippen LogP contribution >= 0.6 is 0 Å². The van der Waals surface area contributed by atoms with Crippen molar-refractivity contribution in [3.05, 3.63) is 12.2 Å². The van der Waals surface area contributed by atoms with Gasteiger partial charge in [0.2, 0.25) is 0 Å². The van der Waals surface area contributed by atoms with Gasteiger partial charge in [0.1, 0.15) is 5.78 Å². The number of hydrogen-bond acceptors (Lipinski definition) is 3. The van der Waals surface area contributed by atoms with E-state index in [0.29, 0.717) is 18.3 Å². The van der Waals surface area contributed by atoms with Crippen LogP contribution in [0.3, 0.4) is 0 Å². The van der Waals surface area contributed by atoms with Crippen molar-refractivity contribution in [2.45, 2.75) is 97.8 Å². The lowest BCUT2D eigenvalue weighted by Gasteiger charge is -2.18. The first kappa shape index (κ1) is 22.9. The van der Waals surface area contributed by atoms with Gasteiger partial charge in [0.15, 0.2) is 0 Å². The number of carbonyl (C=O) groups is 2. The van der Waals surface area contributed by atoms with E-state index in [-0.39, 0.29) is 17.8 Å². The Kier molecular flexibility index (Phi) is 12.3. The van der Waals surface area contributed by atoms with Crippen molar-refractivity contribution in [1.29, 1.82) is 0 Å². The summed E-state index contributed by atoms with van der Waals surface area (Å²) in [5.74, 6) is 1.40. The molecular formula is C23H40O3. The lowest BCUT2D eigenvalue weighted by molar-refractivity contribution is -0.137. The maximum atomic E-state index is 12.5. The second-order valence-corrected chi connectivity index (χ2v) is 7.90. The van der Waals surface area contributed by atoms with E-state index in [2.05, 4.69) is 13.8 Å². The molecule has 1 aliphatic carbocycles. The zero-order chi connectivity index (χ0) is 19.2. The summed E-state index contributed by atoms with van der Waals surface area (Å²) in [5.41, 5.74) is 0. The Balaban J connectivity index is 2.24. The Labute approximate surface area is 161 Å². The molecule has 0 amide bonds. The van der Waals surface area contributed by atoms with E-state index in [1.54, 1.807) is 0 Å². The second kappa shape index (κ2) is 14.0. The summed E-state index contributed by atoms with van der Waals surface area (Å²) in [4.78, 5) is 23.7. The van der Waals surface area contributed by atoms with Crippen LogP contribution in [0.25, 0.3) is 0 Å². The molecule has 0 bridgehead atoms. The number of allylic oxidation sites excluding steroid dienone is 1. The standard InChI is InChI=1S/C23H40O3/c1-4-6-7-8-9-12-15-20-18-19(3)23(25)21(20)16-13-10-11-14-17-22(24)26-5-2/h14,17,19-21H,4-13,15-16,18H2,1-3H3/t19?,20-,21+/m0/s1. The molecule has 0 saturated heterocycles. The number of rotatable bonds is 14. The predicted molar refractivity (Wildman–Crippen MR) is 108 cm³/mol. The van der Waals surface area contributed by atoms with E-state index in [1.807, 2.05) is 13.0 Å². The quantitative estimate of drug-likeness (QED) is 0.208. The van der Waals surface area contributed by atoms with Crippen LogP contribution in [0.1, 0.15) is 97.8 Å². The van der Waals surface area contributed by atoms with Crippen LogP contribution < -0.4 is 0 Å². The highest BCUT2D eigenvalue weighted by Crippen LogP contribution is 2.39. The first-order chi connectivity index (χ1) is 12.6. The fourth-order valence-corrected chi connectivity index (χ4v) is 4.21. The van der Waals surface area contributed by atoms with Crippen molar-refractivity contribution in [3.8, 4) is 0 Å². The van der Waals surface area contributed by atoms with E-state index < -0.39 is 0 Å². The van der Waals surface area contributed by atoms with Crippen LogP contribution in [0.5, 0.6) is 0 Å². The highest BCUT2D eigenvalue weighted by atomic mass is 16.5. The number of hydrogen-bond donors (Lipinski definition) is 0. The third kappa shape index (κ3) is 9.00. The zero-order valence-corrected chi connectivity index (χ0v) is 17.3. The predicted octanol–water partition coefficient (Wildman–Crippen LogP) is 6.26. The second-order valence-electron chi connectivity index (χ2n) is 7.90. The number of Topliss-reactive ketones (excluding diaryl/α,β-unsaturated/α-hetero) is 1. The molecule has 1 unspecified atom stereocenters. The summed E-state index contributed by atoms with van der Waals surface area (Å²) >= 11 is 0. The molecule has 150 valence electrons. The van der Waals surface area contributed by atoms with Gasteiger partial charge in [-0.3, -0.25) is 4.79 Å². The smallest absolute Gasteiger partial charge is 0.330 e. The fraction of sp³-hybridized carbons (Fsp3) is 0.826. The SMILES string of the molecule is CCCCCCCC[C@H]1CC(C)C(=O)[C@@H]1CCCCC=CC(=O)OCC.